The molecule has 1 aromatic rings. The van der Waals surface area contributed by atoms with Crippen LogP contribution in [-0.4, -0.2) is 55.8 Å². The van der Waals surface area contributed by atoms with Crippen molar-refractivity contribution in [2.45, 2.75) is 18.6 Å². The second-order valence-corrected chi connectivity index (χ2v) is 5.68. The van der Waals surface area contributed by atoms with Gasteiger partial charge >= 0.3 is 0 Å². The number of benzene rings is 1. The summed E-state index contributed by atoms with van der Waals surface area (Å²) in [6.07, 6.45) is 0.478. The van der Waals surface area contributed by atoms with E-state index in [1.165, 1.54) is 5.06 Å². The van der Waals surface area contributed by atoms with Crippen LogP contribution < -0.4 is 9.47 Å². The van der Waals surface area contributed by atoms with Gasteiger partial charge in [-0.2, -0.15) is 0 Å². The summed E-state index contributed by atoms with van der Waals surface area (Å²) in [4.78, 5) is 19.5. The van der Waals surface area contributed by atoms with E-state index in [1.54, 1.807) is 21.3 Å². The fraction of sp³-hybridized carbons (Fsp3) is 0.533. The molecule has 2 aliphatic rings. The van der Waals surface area contributed by atoms with Crippen LogP contribution in [0, 0.1) is 0 Å². The molecule has 1 amide bonds. The molecule has 2 fully saturated rings. The monoisotopic (exact) mass is 292 g/mol. The summed E-state index contributed by atoms with van der Waals surface area (Å²) in [5.41, 5.74) is 0.850. The Morgan fingerprint density at radius 3 is 2.52 bits per heavy atom. The van der Waals surface area contributed by atoms with E-state index in [9.17, 15) is 4.79 Å². The van der Waals surface area contributed by atoms with Gasteiger partial charge in [-0.05, 0) is 17.7 Å². The Morgan fingerprint density at radius 1 is 1.24 bits per heavy atom. The number of methoxy groups -OCH3 is 2. The minimum absolute atomic E-state index is 0.0563. The number of hydrogen-bond acceptors (Lipinski definition) is 5. The van der Waals surface area contributed by atoms with E-state index in [4.69, 9.17) is 14.3 Å². The van der Waals surface area contributed by atoms with Crippen molar-refractivity contribution in [3.8, 4) is 11.5 Å². The van der Waals surface area contributed by atoms with Crippen molar-refractivity contribution in [2.24, 2.45) is 0 Å². The van der Waals surface area contributed by atoms with E-state index in [0.717, 1.165) is 36.7 Å². The highest BCUT2D eigenvalue weighted by Gasteiger charge is 2.52. The third-order valence-electron chi connectivity index (χ3n) is 4.03. The maximum Gasteiger partial charge on any atom is 0.248 e. The highest BCUT2D eigenvalue weighted by Crippen LogP contribution is 2.36. The van der Waals surface area contributed by atoms with Crippen LogP contribution in [-0.2, 0) is 16.2 Å². The van der Waals surface area contributed by atoms with Gasteiger partial charge in [0.2, 0.25) is 5.91 Å². The van der Waals surface area contributed by atoms with Crippen molar-refractivity contribution in [3.05, 3.63) is 23.8 Å². The lowest BCUT2D eigenvalue weighted by Crippen LogP contribution is -2.61. The van der Waals surface area contributed by atoms with Crippen LogP contribution in [0.4, 0.5) is 0 Å². The average Bonchev–Trinajstić information content (AvgIpc) is 2.74. The fourth-order valence-corrected chi connectivity index (χ4v) is 3.05. The number of carbonyl (C=O) groups is 1. The first kappa shape index (κ1) is 14.2. The van der Waals surface area contributed by atoms with Gasteiger partial charge in [0.05, 0.1) is 20.6 Å². The molecule has 0 bridgehead atoms. The topological polar surface area (TPSA) is 51.2 Å². The Hall–Kier alpha value is -1.79. The van der Waals surface area contributed by atoms with Gasteiger partial charge in [0.25, 0.3) is 0 Å². The molecule has 2 saturated heterocycles. The molecular weight excluding hydrogens is 272 g/mol. The van der Waals surface area contributed by atoms with Crippen LogP contribution in [0.15, 0.2) is 18.2 Å². The fourth-order valence-electron chi connectivity index (χ4n) is 3.05. The Bertz CT molecular complexity index is 555. The van der Waals surface area contributed by atoms with Crippen molar-refractivity contribution < 1.29 is 19.1 Å². The highest BCUT2D eigenvalue weighted by atomic mass is 16.7. The quantitative estimate of drug-likeness (QED) is 0.830. The zero-order chi connectivity index (χ0) is 15.0. The van der Waals surface area contributed by atoms with E-state index < -0.39 is 0 Å². The minimum atomic E-state index is -0.303. The first-order valence-corrected chi connectivity index (χ1v) is 6.94. The number of rotatable bonds is 4. The zero-order valence-electron chi connectivity index (χ0n) is 12.6. The second-order valence-electron chi connectivity index (χ2n) is 5.68. The Kier molecular flexibility index (Phi) is 3.51. The molecule has 114 valence electrons. The first-order valence-electron chi connectivity index (χ1n) is 6.94. The zero-order valence-corrected chi connectivity index (χ0v) is 12.6. The summed E-state index contributed by atoms with van der Waals surface area (Å²) in [7, 11) is 4.93. The smallest absolute Gasteiger partial charge is 0.248 e. The number of hydrogen-bond donors (Lipinski definition) is 0. The minimum Gasteiger partial charge on any atom is -0.493 e. The van der Waals surface area contributed by atoms with Gasteiger partial charge in [-0.15, -0.1) is 0 Å². The molecular formula is C15H20N2O4. The standard InChI is InChI=1S/C15H20N2O4/c1-16-14(18)7-15(21-16)9-17(10-15)8-11-4-5-12(19-2)13(6-11)20-3/h4-6H,7-10H2,1-3H3. The van der Waals surface area contributed by atoms with E-state index in [-0.39, 0.29) is 11.5 Å². The largest absolute Gasteiger partial charge is 0.493 e. The summed E-state index contributed by atoms with van der Waals surface area (Å²) in [6, 6.07) is 5.92. The molecule has 2 aliphatic heterocycles. The molecule has 0 atom stereocenters. The lowest BCUT2D eigenvalue weighted by molar-refractivity contribution is -0.227. The Balaban J connectivity index is 1.61. The third kappa shape index (κ3) is 2.56. The first-order chi connectivity index (χ1) is 10.0. The Morgan fingerprint density at radius 2 is 1.95 bits per heavy atom. The van der Waals surface area contributed by atoms with E-state index in [2.05, 4.69) is 4.90 Å². The maximum atomic E-state index is 11.6. The predicted molar refractivity (Wildman–Crippen MR) is 76.0 cm³/mol. The van der Waals surface area contributed by atoms with Crippen LogP contribution in [0.3, 0.4) is 0 Å². The van der Waals surface area contributed by atoms with Gasteiger partial charge in [-0.25, -0.2) is 5.06 Å². The molecule has 0 radical (unpaired) electrons. The van der Waals surface area contributed by atoms with Crippen molar-refractivity contribution in [1.82, 2.24) is 9.96 Å². The summed E-state index contributed by atoms with van der Waals surface area (Å²) in [5.74, 6) is 1.52. The normalized spacial score (nSPS) is 20.7. The predicted octanol–water partition coefficient (Wildman–Crippen LogP) is 1.05. The van der Waals surface area contributed by atoms with Crippen LogP contribution in [0.2, 0.25) is 0 Å². The van der Waals surface area contributed by atoms with Gasteiger partial charge in [-0.3, -0.25) is 14.5 Å². The van der Waals surface area contributed by atoms with Gasteiger partial charge in [-0.1, -0.05) is 6.07 Å². The van der Waals surface area contributed by atoms with E-state index in [1.807, 2.05) is 18.2 Å². The molecule has 3 rings (SSSR count). The van der Waals surface area contributed by atoms with Crippen LogP contribution in [0.25, 0.3) is 0 Å². The van der Waals surface area contributed by atoms with Gasteiger partial charge in [0.15, 0.2) is 11.5 Å². The molecule has 21 heavy (non-hydrogen) atoms. The summed E-state index contributed by atoms with van der Waals surface area (Å²) in [6.45, 7) is 2.36. The second kappa shape index (κ2) is 5.20. The van der Waals surface area contributed by atoms with Crippen molar-refractivity contribution in [2.75, 3.05) is 34.4 Å². The van der Waals surface area contributed by atoms with Crippen LogP contribution in [0.1, 0.15) is 12.0 Å². The molecule has 6 nitrogen and oxygen atoms in total. The molecule has 1 spiro atoms. The van der Waals surface area contributed by atoms with Gasteiger partial charge < -0.3 is 9.47 Å². The lowest BCUT2D eigenvalue weighted by atomic mass is 9.90. The molecule has 0 N–H and O–H groups in total. The van der Waals surface area contributed by atoms with E-state index >= 15 is 0 Å². The van der Waals surface area contributed by atoms with Gasteiger partial charge in [0, 0.05) is 26.7 Å². The third-order valence-corrected chi connectivity index (χ3v) is 4.03. The number of amides is 1. The molecule has 0 unspecified atom stereocenters. The van der Waals surface area contributed by atoms with Crippen LogP contribution in [0.5, 0.6) is 11.5 Å². The number of likely N-dealkylation sites (tertiary alicyclic amines) is 1. The SMILES string of the molecule is COc1ccc(CN2CC3(CC(=O)N(C)O3)C2)cc1OC. The average molecular weight is 292 g/mol. The van der Waals surface area contributed by atoms with Gasteiger partial charge in [0.1, 0.15) is 5.60 Å². The maximum absolute atomic E-state index is 11.6. The summed E-state index contributed by atoms with van der Waals surface area (Å²) >= 11 is 0. The number of carbonyl (C=O) groups excluding carboxylic acids is 1. The summed E-state index contributed by atoms with van der Waals surface area (Å²) in [5, 5.41) is 1.35. The molecule has 1 aromatic carbocycles. The molecule has 6 heteroatoms. The van der Waals surface area contributed by atoms with Crippen LogP contribution >= 0.6 is 0 Å². The number of hydroxylamine groups is 2. The van der Waals surface area contributed by atoms with Crippen molar-refractivity contribution in [3.63, 3.8) is 0 Å². The number of nitrogens with zero attached hydrogens (tertiary/aromatic N) is 2. The lowest BCUT2D eigenvalue weighted by Gasteiger charge is -2.45. The van der Waals surface area contributed by atoms with E-state index in [0.29, 0.717) is 6.42 Å². The molecule has 2 heterocycles. The molecule has 0 aliphatic carbocycles. The highest BCUT2D eigenvalue weighted by molar-refractivity contribution is 5.78. The molecule has 0 aromatic heterocycles. The molecule has 0 saturated carbocycles. The summed E-state index contributed by atoms with van der Waals surface area (Å²) < 4.78 is 10.5. The number of ether oxygens (including phenoxy) is 2. The van der Waals surface area contributed by atoms with Crippen molar-refractivity contribution in [1.29, 1.82) is 0 Å². The Labute approximate surface area is 124 Å². The van der Waals surface area contributed by atoms with Crippen molar-refractivity contribution >= 4 is 5.91 Å².